The number of amides is 2. The van der Waals surface area contributed by atoms with Gasteiger partial charge in [-0.25, -0.2) is 18.0 Å². The van der Waals surface area contributed by atoms with Crippen LogP contribution in [0.2, 0.25) is 0 Å². The van der Waals surface area contributed by atoms with Crippen molar-refractivity contribution in [2.24, 2.45) is 0 Å². The lowest BCUT2D eigenvalue weighted by Crippen LogP contribution is -2.54. The van der Waals surface area contributed by atoms with E-state index in [1.807, 2.05) is 11.8 Å². The Morgan fingerprint density at radius 1 is 1.23 bits per heavy atom. The van der Waals surface area contributed by atoms with Gasteiger partial charge in [-0.2, -0.15) is 4.31 Å². The normalized spacial score (nSPS) is 21.0. The molecule has 2 amide bonds. The number of aromatic nitrogens is 1. The van der Waals surface area contributed by atoms with Crippen LogP contribution in [0.5, 0.6) is 0 Å². The van der Waals surface area contributed by atoms with Crippen molar-refractivity contribution in [2.75, 3.05) is 39.3 Å². The van der Waals surface area contributed by atoms with Crippen LogP contribution in [0.4, 0.5) is 4.79 Å². The molecule has 2 N–H and O–H groups in total. The maximum Gasteiger partial charge on any atom is 0.337 e. The van der Waals surface area contributed by atoms with Crippen molar-refractivity contribution < 1.29 is 27.3 Å². The minimum atomic E-state index is -3.71. The summed E-state index contributed by atoms with van der Waals surface area (Å²) >= 11 is 0. The quantitative estimate of drug-likeness (QED) is 0.568. The molecule has 2 aliphatic heterocycles. The molecule has 1 aromatic heterocycles. The monoisotopic (exact) mass is 455 g/mol. The second-order valence-electron chi connectivity index (χ2n) is 7.51. The van der Waals surface area contributed by atoms with Gasteiger partial charge in [0.2, 0.25) is 10.0 Å². The van der Waals surface area contributed by atoms with Gasteiger partial charge in [-0.05, 0) is 27.2 Å². The zero-order valence-electron chi connectivity index (χ0n) is 18.2. The van der Waals surface area contributed by atoms with Gasteiger partial charge in [0.1, 0.15) is 10.6 Å². The second kappa shape index (κ2) is 9.37. The Balaban J connectivity index is 1.74. The standard InChI is InChI=1S/C19H29N5O6S/c1-5-14-16(18(25)29-6-2)15(21-19(26)20-14)11-23-7-9-24(10-8-23)31(27,28)17-12(3)22-30-13(17)4/h14H,5-11H2,1-4H3,(H2,20,21,26). The van der Waals surface area contributed by atoms with E-state index in [-0.39, 0.29) is 36.4 Å². The van der Waals surface area contributed by atoms with Crippen molar-refractivity contribution in [2.45, 2.75) is 45.1 Å². The van der Waals surface area contributed by atoms with Crippen LogP contribution in [0.3, 0.4) is 0 Å². The molecular weight excluding hydrogens is 426 g/mol. The number of piperazine rings is 1. The summed E-state index contributed by atoms with van der Waals surface area (Å²) in [5, 5.41) is 9.22. The van der Waals surface area contributed by atoms with Gasteiger partial charge in [0.05, 0.1) is 18.2 Å². The molecule has 1 atom stereocenters. The molecule has 3 heterocycles. The third kappa shape index (κ3) is 4.75. The van der Waals surface area contributed by atoms with E-state index in [0.29, 0.717) is 43.0 Å². The molecule has 172 valence electrons. The van der Waals surface area contributed by atoms with Crippen LogP contribution in [0.1, 0.15) is 31.7 Å². The number of rotatable bonds is 7. The molecule has 1 aromatic rings. The van der Waals surface area contributed by atoms with Gasteiger partial charge in [-0.15, -0.1) is 0 Å². The highest BCUT2D eigenvalue weighted by Crippen LogP contribution is 2.25. The van der Waals surface area contributed by atoms with E-state index in [4.69, 9.17) is 9.26 Å². The van der Waals surface area contributed by atoms with E-state index in [9.17, 15) is 18.0 Å². The molecule has 0 radical (unpaired) electrons. The third-order valence-corrected chi connectivity index (χ3v) is 7.57. The van der Waals surface area contributed by atoms with E-state index in [1.54, 1.807) is 20.8 Å². The summed E-state index contributed by atoms with van der Waals surface area (Å²) in [6, 6.07) is -0.793. The first-order valence-electron chi connectivity index (χ1n) is 10.3. The molecular formula is C19H29N5O6S. The average molecular weight is 456 g/mol. The lowest BCUT2D eigenvalue weighted by molar-refractivity contribution is -0.139. The van der Waals surface area contributed by atoms with Crippen molar-refractivity contribution in [3.8, 4) is 0 Å². The van der Waals surface area contributed by atoms with Gasteiger partial charge in [0.15, 0.2) is 5.76 Å². The summed E-state index contributed by atoms with van der Waals surface area (Å²) in [4.78, 5) is 26.7. The predicted molar refractivity (Wildman–Crippen MR) is 111 cm³/mol. The fraction of sp³-hybridized carbons (Fsp3) is 0.632. The Bertz CT molecular complexity index is 958. The molecule has 0 aliphatic carbocycles. The summed E-state index contributed by atoms with van der Waals surface area (Å²) in [5.74, 6) is -0.191. The number of hydrogen-bond donors (Lipinski definition) is 2. The van der Waals surface area contributed by atoms with E-state index in [0.717, 1.165) is 0 Å². The van der Waals surface area contributed by atoms with Crippen LogP contribution < -0.4 is 10.6 Å². The molecule has 2 aliphatic rings. The average Bonchev–Trinajstić information content (AvgIpc) is 3.06. The van der Waals surface area contributed by atoms with Crippen LogP contribution in [0, 0.1) is 13.8 Å². The Hall–Kier alpha value is -2.44. The number of hydrogen-bond acceptors (Lipinski definition) is 8. The number of aryl methyl sites for hydroxylation is 2. The summed E-state index contributed by atoms with van der Waals surface area (Å²) in [6.07, 6.45) is 0.550. The smallest absolute Gasteiger partial charge is 0.337 e. The first-order chi connectivity index (χ1) is 14.7. The summed E-state index contributed by atoms with van der Waals surface area (Å²) < 4.78 is 37.6. The molecule has 0 saturated carbocycles. The summed E-state index contributed by atoms with van der Waals surface area (Å²) in [5.41, 5.74) is 1.25. The molecule has 1 saturated heterocycles. The lowest BCUT2D eigenvalue weighted by atomic mass is 10.00. The van der Waals surface area contributed by atoms with Gasteiger partial charge in [-0.1, -0.05) is 12.1 Å². The van der Waals surface area contributed by atoms with Gasteiger partial charge in [-0.3, -0.25) is 4.90 Å². The topological polar surface area (TPSA) is 134 Å². The Morgan fingerprint density at radius 2 is 1.90 bits per heavy atom. The lowest BCUT2D eigenvalue weighted by Gasteiger charge is -2.36. The number of nitrogens with one attached hydrogen (secondary N) is 2. The third-order valence-electron chi connectivity index (χ3n) is 5.43. The number of nitrogens with zero attached hydrogens (tertiary/aromatic N) is 3. The number of ether oxygens (including phenoxy) is 1. The number of carbonyl (C=O) groups excluding carboxylic acids is 2. The first-order valence-corrected chi connectivity index (χ1v) is 11.8. The highest BCUT2D eigenvalue weighted by Gasteiger charge is 2.35. The summed E-state index contributed by atoms with van der Waals surface area (Å²) in [6.45, 7) is 8.79. The molecule has 0 spiro atoms. The fourth-order valence-electron chi connectivity index (χ4n) is 3.91. The first kappa shape index (κ1) is 23.2. The second-order valence-corrected chi connectivity index (χ2v) is 9.38. The van der Waals surface area contributed by atoms with E-state index < -0.39 is 22.0 Å². The largest absolute Gasteiger partial charge is 0.463 e. The van der Waals surface area contributed by atoms with Gasteiger partial charge in [0.25, 0.3) is 0 Å². The van der Waals surface area contributed by atoms with E-state index in [2.05, 4.69) is 15.8 Å². The fourth-order valence-corrected chi connectivity index (χ4v) is 5.62. The van der Waals surface area contributed by atoms with Crippen molar-refractivity contribution in [3.05, 3.63) is 22.7 Å². The van der Waals surface area contributed by atoms with Crippen molar-refractivity contribution in [1.29, 1.82) is 0 Å². The SMILES string of the molecule is CCOC(=O)C1=C(CN2CCN(S(=O)(=O)c3c(C)noc3C)CC2)NC(=O)NC1CC. The molecule has 3 rings (SSSR count). The molecule has 31 heavy (non-hydrogen) atoms. The van der Waals surface area contributed by atoms with Gasteiger partial charge >= 0.3 is 12.0 Å². The van der Waals surface area contributed by atoms with Crippen LogP contribution in [-0.2, 0) is 19.6 Å². The highest BCUT2D eigenvalue weighted by molar-refractivity contribution is 7.89. The Kier molecular flexibility index (Phi) is 7.02. The zero-order valence-corrected chi connectivity index (χ0v) is 19.0. The number of urea groups is 1. The molecule has 11 nitrogen and oxygen atoms in total. The van der Waals surface area contributed by atoms with Crippen molar-refractivity contribution in [1.82, 2.24) is 25.0 Å². The maximum absolute atomic E-state index is 13.0. The van der Waals surface area contributed by atoms with E-state index >= 15 is 0 Å². The van der Waals surface area contributed by atoms with Gasteiger partial charge in [0, 0.05) is 38.4 Å². The van der Waals surface area contributed by atoms with Crippen LogP contribution in [0.15, 0.2) is 20.7 Å². The van der Waals surface area contributed by atoms with Crippen LogP contribution >= 0.6 is 0 Å². The molecule has 1 fully saturated rings. The van der Waals surface area contributed by atoms with Crippen LogP contribution in [0.25, 0.3) is 0 Å². The maximum atomic E-state index is 13.0. The Labute approximate surface area is 181 Å². The van der Waals surface area contributed by atoms with Crippen molar-refractivity contribution in [3.63, 3.8) is 0 Å². The van der Waals surface area contributed by atoms with E-state index in [1.165, 1.54) is 4.31 Å². The minimum Gasteiger partial charge on any atom is -0.463 e. The molecule has 0 aromatic carbocycles. The molecule has 0 bridgehead atoms. The Morgan fingerprint density at radius 3 is 2.45 bits per heavy atom. The number of sulfonamides is 1. The number of carbonyl (C=O) groups is 2. The van der Waals surface area contributed by atoms with Crippen LogP contribution in [-0.4, -0.2) is 80.2 Å². The minimum absolute atomic E-state index is 0.115. The van der Waals surface area contributed by atoms with Crippen molar-refractivity contribution >= 4 is 22.0 Å². The number of esters is 1. The highest BCUT2D eigenvalue weighted by atomic mass is 32.2. The van der Waals surface area contributed by atoms with Gasteiger partial charge < -0.3 is 19.9 Å². The predicted octanol–water partition coefficient (Wildman–Crippen LogP) is 0.506. The molecule has 12 heteroatoms. The summed E-state index contributed by atoms with van der Waals surface area (Å²) in [7, 11) is -3.71. The zero-order chi connectivity index (χ0) is 22.8. The molecule has 1 unspecified atom stereocenters.